The van der Waals surface area contributed by atoms with Gasteiger partial charge in [-0.05, 0) is 26.0 Å². The van der Waals surface area contributed by atoms with Gasteiger partial charge in [0.15, 0.2) is 5.75 Å². The van der Waals surface area contributed by atoms with Crippen molar-refractivity contribution in [1.82, 2.24) is 4.90 Å². The van der Waals surface area contributed by atoms with Crippen LogP contribution in [-0.4, -0.2) is 31.0 Å². The Balaban J connectivity index is 3.08. The first-order valence-electron chi connectivity index (χ1n) is 5.87. The van der Waals surface area contributed by atoms with Crippen molar-refractivity contribution in [3.8, 4) is 5.75 Å². The van der Waals surface area contributed by atoms with E-state index in [0.29, 0.717) is 34.4 Å². The third-order valence-corrected chi connectivity index (χ3v) is 3.14. The molecule has 0 aliphatic rings. The number of likely N-dealkylation sites (N-methyl/N-ethyl adjacent to an activating group) is 1. The Morgan fingerprint density at radius 3 is 2.26 bits per heavy atom. The zero-order valence-electron chi connectivity index (χ0n) is 11.3. The summed E-state index contributed by atoms with van der Waals surface area (Å²) in [6.07, 6.45) is 0. The maximum atomic E-state index is 12.3. The van der Waals surface area contributed by atoms with Crippen LogP contribution in [0.1, 0.15) is 24.2 Å². The first-order chi connectivity index (χ1) is 8.90. The van der Waals surface area contributed by atoms with E-state index in [2.05, 4.69) is 6.58 Å². The number of benzene rings is 1. The molecule has 0 N–H and O–H groups in total. The number of carbonyl (C=O) groups excluding carboxylic acids is 1. The lowest BCUT2D eigenvalue weighted by molar-refractivity contribution is 0.0778. The van der Waals surface area contributed by atoms with E-state index < -0.39 is 0 Å². The lowest BCUT2D eigenvalue weighted by Gasteiger charge is -2.21. The Morgan fingerprint density at radius 1 is 1.37 bits per heavy atom. The molecule has 0 heterocycles. The van der Waals surface area contributed by atoms with E-state index in [4.69, 9.17) is 27.9 Å². The minimum Gasteiger partial charge on any atom is -0.494 e. The molecule has 0 aliphatic carbocycles. The number of halogens is 2. The van der Waals surface area contributed by atoms with Crippen LogP contribution in [0.2, 0.25) is 10.0 Å². The second-order valence-electron chi connectivity index (χ2n) is 4.25. The molecule has 1 aromatic carbocycles. The highest BCUT2D eigenvalue weighted by molar-refractivity contribution is 6.37. The van der Waals surface area contributed by atoms with Crippen molar-refractivity contribution in [2.45, 2.75) is 13.8 Å². The van der Waals surface area contributed by atoms with Crippen molar-refractivity contribution in [2.24, 2.45) is 0 Å². The lowest BCUT2D eigenvalue weighted by atomic mass is 10.1. The van der Waals surface area contributed by atoms with Gasteiger partial charge in [-0.2, -0.15) is 0 Å². The average Bonchev–Trinajstić information content (AvgIpc) is 2.34. The molecule has 0 radical (unpaired) electrons. The summed E-state index contributed by atoms with van der Waals surface area (Å²) in [5.74, 6) is 0.250. The fourth-order valence-electron chi connectivity index (χ4n) is 1.71. The molecule has 1 rings (SSSR count). The van der Waals surface area contributed by atoms with Crippen molar-refractivity contribution >= 4 is 29.1 Å². The molecule has 0 aromatic heterocycles. The van der Waals surface area contributed by atoms with Crippen LogP contribution in [0.3, 0.4) is 0 Å². The van der Waals surface area contributed by atoms with E-state index in [-0.39, 0.29) is 5.91 Å². The van der Waals surface area contributed by atoms with Crippen molar-refractivity contribution in [3.05, 3.63) is 39.9 Å². The van der Waals surface area contributed by atoms with Gasteiger partial charge in [-0.25, -0.2) is 0 Å². The minimum atomic E-state index is -0.128. The van der Waals surface area contributed by atoms with Crippen LogP contribution in [-0.2, 0) is 0 Å². The van der Waals surface area contributed by atoms with Crippen LogP contribution < -0.4 is 4.74 Å². The number of hydrogen-bond donors (Lipinski definition) is 0. The largest absolute Gasteiger partial charge is 0.494 e. The first-order valence-corrected chi connectivity index (χ1v) is 6.63. The molecule has 104 valence electrons. The van der Waals surface area contributed by atoms with Gasteiger partial charge in [-0.3, -0.25) is 4.79 Å². The van der Waals surface area contributed by atoms with Gasteiger partial charge in [-0.15, -0.1) is 0 Å². The summed E-state index contributed by atoms with van der Waals surface area (Å²) in [6, 6.07) is 3.13. The highest BCUT2D eigenvalue weighted by Gasteiger charge is 2.18. The van der Waals surface area contributed by atoms with E-state index in [1.165, 1.54) is 7.11 Å². The molecule has 0 aliphatic heterocycles. The number of ether oxygens (including phenoxy) is 1. The van der Waals surface area contributed by atoms with Crippen molar-refractivity contribution in [3.63, 3.8) is 0 Å². The number of hydrogen-bond acceptors (Lipinski definition) is 2. The molecule has 19 heavy (non-hydrogen) atoms. The minimum absolute atomic E-state index is 0.128. The summed E-state index contributed by atoms with van der Waals surface area (Å²) < 4.78 is 5.06. The van der Waals surface area contributed by atoms with Crippen LogP contribution in [0.5, 0.6) is 5.75 Å². The monoisotopic (exact) mass is 301 g/mol. The molecule has 1 aromatic rings. The number of carbonyl (C=O) groups is 1. The van der Waals surface area contributed by atoms with E-state index in [1.807, 2.05) is 13.8 Å². The smallest absolute Gasteiger partial charge is 0.254 e. The molecule has 3 nitrogen and oxygen atoms in total. The number of methoxy groups -OCH3 is 1. The standard InChI is InChI=1S/C14H17Cl2NO2/c1-5-17(8-9(2)3)14(18)10-6-11(15)13(19-4)12(16)7-10/h6-7H,2,5,8H2,1,3-4H3. The molecule has 0 unspecified atom stereocenters. The van der Waals surface area contributed by atoms with Gasteiger partial charge in [0.1, 0.15) is 0 Å². The predicted octanol–water partition coefficient (Wildman–Crippen LogP) is 4.04. The molecule has 0 saturated carbocycles. The van der Waals surface area contributed by atoms with Crippen LogP contribution in [0, 0.1) is 0 Å². The van der Waals surface area contributed by atoms with E-state index in [0.717, 1.165) is 5.57 Å². The van der Waals surface area contributed by atoms with Crippen molar-refractivity contribution < 1.29 is 9.53 Å². The van der Waals surface area contributed by atoms with Crippen LogP contribution in [0.25, 0.3) is 0 Å². The normalized spacial score (nSPS) is 10.2. The maximum Gasteiger partial charge on any atom is 0.254 e. The summed E-state index contributed by atoms with van der Waals surface area (Å²) in [5, 5.41) is 0.648. The summed E-state index contributed by atoms with van der Waals surface area (Å²) in [6.45, 7) is 8.71. The zero-order valence-corrected chi connectivity index (χ0v) is 12.8. The Bertz CT molecular complexity index is 477. The third kappa shape index (κ3) is 3.88. The van der Waals surface area contributed by atoms with Crippen LogP contribution in [0.15, 0.2) is 24.3 Å². The van der Waals surface area contributed by atoms with Crippen molar-refractivity contribution in [1.29, 1.82) is 0 Å². The Morgan fingerprint density at radius 2 is 1.89 bits per heavy atom. The Kier molecular flexibility index (Phi) is 5.70. The highest BCUT2D eigenvalue weighted by atomic mass is 35.5. The molecule has 0 saturated heterocycles. The summed E-state index contributed by atoms with van der Waals surface area (Å²) in [7, 11) is 1.48. The molecule has 0 atom stereocenters. The number of rotatable bonds is 5. The van der Waals surface area contributed by atoms with E-state index in [9.17, 15) is 4.79 Å². The van der Waals surface area contributed by atoms with Crippen LogP contribution in [0.4, 0.5) is 0 Å². The first kappa shape index (κ1) is 15.9. The second kappa shape index (κ2) is 6.83. The fourth-order valence-corrected chi connectivity index (χ4v) is 2.36. The highest BCUT2D eigenvalue weighted by Crippen LogP contribution is 2.34. The molecule has 0 fully saturated rings. The molecule has 1 amide bonds. The van der Waals surface area contributed by atoms with Gasteiger partial charge >= 0.3 is 0 Å². The Labute approximate surface area is 123 Å². The molecule has 5 heteroatoms. The number of amides is 1. The summed E-state index contributed by atoms with van der Waals surface area (Å²) in [4.78, 5) is 14.0. The fraction of sp³-hybridized carbons (Fsp3) is 0.357. The topological polar surface area (TPSA) is 29.5 Å². The van der Waals surface area contributed by atoms with Crippen molar-refractivity contribution in [2.75, 3.05) is 20.2 Å². The quantitative estimate of drug-likeness (QED) is 0.768. The molecule has 0 bridgehead atoms. The number of nitrogens with zero attached hydrogens (tertiary/aromatic N) is 1. The van der Waals surface area contributed by atoms with Gasteiger partial charge in [0.05, 0.1) is 17.2 Å². The van der Waals surface area contributed by atoms with E-state index in [1.54, 1.807) is 17.0 Å². The summed E-state index contributed by atoms with van der Waals surface area (Å²) in [5.41, 5.74) is 1.36. The second-order valence-corrected chi connectivity index (χ2v) is 5.06. The van der Waals surface area contributed by atoms with Gasteiger partial charge < -0.3 is 9.64 Å². The van der Waals surface area contributed by atoms with Gasteiger partial charge in [0.25, 0.3) is 5.91 Å². The van der Waals surface area contributed by atoms with E-state index >= 15 is 0 Å². The third-order valence-electron chi connectivity index (χ3n) is 2.58. The Hall–Kier alpha value is -1.19. The summed E-state index contributed by atoms with van der Waals surface area (Å²) >= 11 is 12.1. The maximum absolute atomic E-state index is 12.3. The molecular weight excluding hydrogens is 285 g/mol. The van der Waals surface area contributed by atoms with Crippen LogP contribution >= 0.6 is 23.2 Å². The van der Waals surface area contributed by atoms with Gasteiger partial charge in [-0.1, -0.05) is 35.4 Å². The zero-order chi connectivity index (χ0) is 14.6. The average molecular weight is 302 g/mol. The lowest BCUT2D eigenvalue weighted by Crippen LogP contribution is -2.32. The molecule has 0 spiro atoms. The SMILES string of the molecule is C=C(C)CN(CC)C(=O)c1cc(Cl)c(OC)c(Cl)c1. The predicted molar refractivity (Wildman–Crippen MR) is 79.4 cm³/mol. The van der Waals surface area contributed by atoms with Gasteiger partial charge in [0, 0.05) is 18.7 Å². The van der Waals surface area contributed by atoms with Gasteiger partial charge in [0.2, 0.25) is 0 Å². The molecular formula is C14H17Cl2NO2.